The third-order valence-corrected chi connectivity index (χ3v) is 2.25. The molecule has 1 heterocycles. The van der Waals surface area contributed by atoms with Crippen molar-refractivity contribution in [3.05, 3.63) is 24.0 Å². The molecule has 1 fully saturated rings. The predicted octanol–water partition coefficient (Wildman–Crippen LogP) is 0.546. The molecular formula is C10H12FNO3. The minimum atomic E-state index is -0.687. The Hall–Kier alpha value is -1.33. The molecule has 1 aliphatic heterocycles. The number of aliphatic hydroxyl groups excluding tert-OH is 1. The van der Waals surface area contributed by atoms with Crippen LogP contribution in [0, 0.1) is 5.82 Å². The Morgan fingerprint density at radius 2 is 2.27 bits per heavy atom. The van der Waals surface area contributed by atoms with Crippen LogP contribution in [0.2, 0.25) is 0 Å². The zero-order valence-corrected chi connectivity index (χ0v) is 8.02. The Morgan fingerprint density at radius 1 is 1.47 bits per heavy atom. The van der Waals surface area contributed by atoms with Crippen molar-refractivity contribution in [1.29, 1.82) is 0 Å². The monoisotopic (exact) mass is 213 g/mol. The van der Waals surface area contributed by atoms with Crippen LogP contribution in [-0.2, 0) is 4.74 Å². The minimum Gasteiger partial charge on any atom is -0.483 e. The number of anilines is 1. The molecule has 0 bridgehead atoms. The van der Waals surface area contributed by atoms with Gasteiger partial charge >= 0.3 is 0 Å². The van der Waals surface area contributed by atoms with Gasteiger partial charge < -0.3 is 20.3 Å². The van der Waals surface area contributed by atoms with Gasteiger partial charge in [0.25, 0.3) is 0 Å². The molecule has 0 saturated carbocycles. The average molecular weight is 213 g/mol. The Labute approximate surface area is 86.4 Å². The molecular weight excluding hydrogens is 201 g/mol. The molecule has 4 nitrogen and oxygen atoms in total. The molecule has 1 saturated heterocycles. The molecule has 2 rings (SSSR count). The van der Waals surface area contributed by atoms with Gasteiger partial charge in [0.1, 0.15) is 17.7 Å². The smallest absolute Gasteiger partial charge is 0.150 e. The van der Waals surface area contributed by atoms with Gasteiger partial charge in [-0.05, 0) is 12.1 Å². The number of halogens is 1. The minimum absolute atomic E-state index is 0.236. The lowest BCUT2D eigenvalue weighted by Crippen LogP contribution is -2.30. The Balaban J connectivity index is 2.12. The summed E-state index contributed by atoms with van der Waals surface area (Å²) in [5.74, 6) is -0.183. The van der Waals surface area contributed by atoms with Gasteiger partial charge in [-0.25, -0.2) is 4.39 Å². The van der Waals surface area contributed by atoms with Crippen molar-refractivity contribution >= 4 is 5.69 Å². The summed E-state index contributed by atoms with van der Waals surface area (Å²) in [6.45, 7) is 0.525. The van der Waals surface area contributed by atoms with E-state index in [4.69, 9.17) is 15.2 Å². The van der Waals surface area contributed by atoms with Crippen LogP contribution in [0.25, 0.3) is 0 Å². The highest BCUT2D eigenvalue weighted by Crippen LogP contribution is 2.25. The molecule has 5 heteroatoms. The SMILES string of the molecule is Nc1ccc(F)cc1OC1COCC1O. The number of nitrogen functional groups attached to an aromatic ring is 1. The van der Waals surface area contributed by atoms with Gasteiger partial charge in [0, 0.05) is 6.07 Å². The van der Waals surface area contributed by atoms with Crippen molar-refractivity contribution in [1.82, 2.24) is 0 Å². The summed E-state index contributed by atoms with van der Waals surface area (Å²) in [5, 5.41) is 9.43. The van der Waals surface area contributed by atoms with Crippen molar-refractivity contribution in [2.45, 2.75) is 12.2 Å². The maximum absolute atomic E-state index is 12.9. The fraction of sp³-hybridized carbons (Fsp3) is 0.400. The normalized spacial score (nSPS) is 25.5. The van der Waals surface area contributed by atoms with Crippen LogP contribution in [0.15, 0.2) is 18.2 Å². The first-order valence-electron chi connectivity index (χ1n) is 4.64. The van der Waals surface area contributed by atoms with Gasteiger partial charge in [-0.15, -0.1) is 0 Å². The molecule has 0 amide bonds. The quantitative estimate of drug-likeness (QED) is 0.704. The third kappa shape index (κ3) is 2.19. The lowest BCUT2D eigenvalue weighted by molar-refractivity contribution is 0.0736. The van der Waals surface area contributed by atoms with Gasteiger partial charge in [-0.1, -0.05) is 0 Å². The molecule has 2 atom stereocenters. The standard InChI is InChI=1S/C10H12FNO3/c11-6-1-2-7(12)9(3-6)15-10-5-14-4-8(10)13/h1-3,8,10,13H,4-5,12H2. The van der Waals surface area contributed by atoms with E-state index >= 15 is 0 Å². The van der Waals surface area contributed by atoms with Crippen LogP contribution in [0.1, 0.15) is 0 Å². The molecule has 3 N–H and O–H groups in total. The van der Waals surface area contributed by atoms with E-state index in [1.807, 2.05) is 0 Å². The van der Waals surface area contributed by atoms with Crippen molar-refractivity contribution in [2.75, 3.05) is 18.9 Å². The molecule has 2 unspecified atom stereocenters. The molecule has 0 spiro atoms. The van der Waals surface area contributed by atoms with Crippen LogP contribution in [0.4, 0.5) is 10.1 Å². The van der Waals surface area contributed by atoms with Crippen molar-refractivity contribution in [3.8, 4) is 5.75 Å². The summed E-state index contributed by atoms with van der Waals surface area (Å²) in [5.41, 5.74) is 5.94. The topological polar surface area (TPSA) is 64.7 Å². The first-order chi connectivity index (χ1) is 7.16. The molecule has 1 aromatic carbocycles. The van der Waals surface area contributed by atoms with Crippen LogP contribution in [-0.4, -0.2) is 30.5 Å². The Morgan fingerprint density at radius 3 is 2.93 bits per heavy atom. The zero-order chi connectivity index (χ0) is 10.8. The highest BCUT2D eigenvalue weighted by atomic mass is 19.1. The van der Waals surface area contributed by atoms with E-state index in [2.05, 4.69) is 0 Å². The highest BCUT2D eigenvalue weighted by molar-refractivity contribution is 5.52. The van der Waals surface area contributed by atoms with E-state index in [0.29, 0.717) is 5.69 Å². The summed E-state index contributed by atoms with van der Waals surface area (Å²) in [6, 6.07) is 3.87. The molecule has 0 radical (unpaired) electrons. The maximum atomic E-state index is 12.9. The Kier molecular flexibility index (Phi) is 2.75. The third-order valence-electron chi connectivity index (χ3n) is 2.25. The predicted molar refractivity (Wildman–Crippen MR) is 52.1 cm³/mol. The number of ether oxygens (including phenoxy) is 2. The molecule has 0 aliphatic carbocycles. The maximum Gasteiger partial charge on any atom is 0.150 e. The van der Waals surface area contributed by atoms with E-state index < -0.39 is 18.0 Å². The van der Waals surface area contributed by atoms with Crippen LogP contribution >= 0.6 is 0 Å². The zero-order valence-electron chi connectivity index (χ0n) is 8.02. The summed E-state index contributed by atoms with van der Waals surface area (Å²) in [6.07, 6.45) is -1.17. The fourth-order valence-electron chi connectivity index (χ4n) is 1.41. The molecule has 82 valence electrons. The number of hydrogen-bond acceptors (Lipinski definition) is 4. The number of benzene rings is 1. The second-order valence-electron chi connectivity index (χ2n) is 3.44. The molecule has 1 aromatic rings. The van der Waals surface area contributed by atoms with Crippen molar-refractivity contribution in [2.24, 2.45) is 0 Å². The summed E-state index contributed by atoms with van der Waals surface area (Å²) < 4.78 is 23.3. The second kappa shape index (κ2) is 4.04. The van der Waals surface area contributed by atoms with Gasteiger partial charge in [-0.3, -0.25) is 0 Å². The number of nitrogens with two attached hydrogens (primary N) is 1. The summed E-state index contributed by atoms with van der Waals surface area (Å²) >= 11 is 0. The van der Waals surface area contributed by atoms with E-state index in [9.17, 15) is 9.50 Å². The van der Waals surface area contributed by atoms with E-state index in [-0.39, 0.29) is 19.0 Å². The largest absolute Gasteiger partial charge is 0.483 e. The molecule has 15 heavy (non-hydrogen) atoms. The lowest BCUT2D eigenvalue weighted by atomic mass is 10.2. The second-order valence-corrected chi connectivity index (χ2v) is 3.44. The van der Waals surface area contributed by atoms with Gasteiger partial charge in [0.05, 0.1) is 18.9 Å². The number of hydrogen-bond donors (Lipinski definition) is 2. The van der Waals surface area contributed by atoms with Crippen molar-refractivity contribution in [3.63, 3.8) is 0 Å². The van der Waals surface area contributed by atoms with Gasteiger partial charge in [-0.2, -0.15) is 0 Å². The van der Waals surface area contributed by atoms with Crippen LogP contribution < -0.4 is 10.5 Å². The van der Waals surface area contributed by atoms with Gasteiger partial charge in [0.15, 0.2) is 6.10 Å². The van der Waals surface area contributed by atoms with Gasteiger partial charge in [0.2, 0.25) is 0 Å². The lowest BCUT2D eigenvalue weighted by Gasteiger charge is -2.16. The number of aliphatic hydroxyl groups is 1. The van der Waals surface area contributed by atoms with Crippen molar-refractivity contribution < 1.29 is 19.0 Å². The Bertz CT molecular complexity index is 359. The van der Waals surface area contributed by atoms with E-state index in [0.717, 1.165) is 0 Å². The van der Waals surface area contributed by atoms with Crippen LogP contribution in [0.5, 0.6) is 5.75 Å². The number of rotatable bonds is 2. The van der Waals surface area contributed by atoms with Crippen LogP contribution in [0.3, 0.4) is 0 Å². The van der Waals surface area contributed by atoms with E-state index in [1.54, 1.807) is 0 Å². The fourth-order valence-corrected chi connectivity index (χ4v) is 1.41. The molecule has 0 aromatic heterocycles. The molecule has 1 aliphatic rings. The highest BCUT2D eigenvalue weighted by Gasteiger charge is 2.28. The first kappa shape index (κ1) is 10.2. The first-order valence-corrected chi connectivity index (χ1v) is 4.64. The summed E-state index contributed by atoms with van der Waals surface area (Å²) in [7, 11) is 0. The van der Waals surface area contributed by atoms with E-state index in [1.165, 1.54) is 18.2 Å². The summed E-state index contributed by atoms with van der Waals surface area (Å²) in [4.78, 5) is 0. The average Bonchev–Trinajstić information content (AvgIpc) is 2.58.